The predicted molar refractivity (Wildman–Crippen MR) is 122 cm³/mol. The van der Waals surface area contributed by atoms with Gasteiger partial charge in [-0.25, -0.2) is 4.79 Å². The number of ether oxygens (including phenoxy) is 2. The Balaban J connectivity index is 2.00. The van der Waals surface area contributed by atoms with Gasteiger partial charge in [-0.3, -0.25) is 0 Å². The molecule has 2 rings (SSSR count). The van der Waals surface area contributed by atoms with Crippen LogP contribution in [0.25, 0.3) is 11.0 Å². The molecule has 0 aliphatic carbocycles. The Labute approximate surface area is 179 Å². The van der Waals surface area contributed by atoms with Crippen LogP contribution in [-0.4, -0.2) is 18.3 Å². The molecule has 1 heterocycles. The first-order chi connectivity index (χ1) is 14.7. The summed E-state index contributed by atoms with van der Waals surface area (Å²) >= 11 is 0. The summed E-state index contributed by atoms with van der Waals surface area (Å²) in [6, 6.07) is 5.25. The maximum Gasteiger partial charge on any atom is 0.382 e. The van der Waals surface area contributed by atoms with Gasteiger partial charge in [0.15, 0.2) is 5.75 Å². The minimum absolute atomic E-state index is 0.156. The summed E-state index contributed by atoms with van der Waals surface area (Å²) in [6.45, 7) is 5.24. The van der Waals surface area contributed by atoms with Crippen LogP contribution < -0.4 is 15.1 Å². The highest BCUT2D eigenvalue weighted by molar-refractivity contribution is 5.91. The maximum absolute atomic E-state index is 12.0. The van der Waals surface area contributed by atoms with E-state index in [1.807, 2.05) is 0 Å². The molecule has 0 radical (unpaired) electrons. The zero-order valence-corrected chi connectivity index (χ0v) is 18.5. The highest BCUT2D eigenvalue weighted by Crippen LogP contribution is 2.38. The van der Waals surface area contributed by atoms with Gasteiger partial charge in [-0.1, -0.05) is 77.0 Å². The molecular weight excluding hydrogens is 380 g/mol. The standard InChI is InChI=1S/C25H36O5/c1-3-5-7-9-10-11-12-14-19-29-24-22-20(28-18-13-8-6-4-2)16-15-17-21(22)30-25(27)23(24)26/h6,8,15-17,26H,3-5,7,9-14,18-19H2,1-2H3/b8-6+. The van der Waals surface area contributed by atoms with Crippen molar-refractivity contribution >= 4 is 11.0 Å². The summed E-state index contributed by atoms with van der Waals surface area (Å²) in [6.07, 6.45) is 15.5. The molecule has 166 valence electrons. The van der Waals surface area contributed by atoms with Gasteiger partial charge in [-0.15, -0.1) is 0 Å². The molecule has 0 spiro atoms. The minimum Gasteiger partial charge on any atom is -0.499 e. The fraction of sp³-hybridized carbons (Fsp3) is 0.560. The monoisotopic (exact) mass is 416 g/mol. The van der Waals surface area contributed by atoms with Crippen LogP contribution in [0.1, 0.15) is 78.1 Å². The normalized spacial score (nSPS) is 11.4. The molecule has 1 aromatic carbocycles. The third-order valence-electron chi connectivity index (χ3n) is 5.01. The van der Waals surface area contributed by atoms with Crippen LogP contribution in [0, 0.1) is 0 Å². The first-order valence-corrected chi connectivity index (χ1v) is 11.4. The average Bonchev–Trinajstić information content (AvgIpc) is 2.75. The highest BCUT2D eigenvalue weighted by Gasteiger charge is 2.19. The van der Waals surface area contributed by atoms with Crippen molar-refractivity contribution in [3.05, 3.63) is 40.8 Å². The Kier molecular flexibility index (Phi) is 10.9. The first-order valence-electron chi connectivity index (χ1n) is 11.4. The number of benzene rings is 1. The van der Waals surface area contributed by atoms with E-state index in [0.29, 0.717) is 29.9 Å². The van der Waals surface area contributed by atoms with Gasteiger partial charge in [0.05, 0.1) is 13.2 Å². The number of aromatic hydroxyl groups is 1. The van der Waals surface area contributed by atoms with Gasteiger partial charge < -0.3 is 19.0 Å². The summed E-state index contributed by atoms with van der Waals surface area (Å²) in [5.74, 6) is 0.204. The number of hydrogen-bond donors (Lipinski definition) is 1. The van der Waals surface area contributed by atoms with Crippen molar-refractivity contribution in [3.8, 4) is 17.2 Å². The van der Waals surface area contributed by atoms with E-state index >= 15 is 0 Å². The number of hydrogen-bond acceptors (Lipinski definition) is 5. The third kappa shape index (κ3) is 7.43. The van der Waals surface area contributed by atoms with E-state index in [4.69, 9.17) is 13.9 Å². The quantitative estimate of drug-likeness (QED) is 0.197. The van der Waals surface area contributed by atoms with Crippen LogP contribution >= 0.6 is 0 Å². The Morgan fingerprint density at radius 2 is 1.67 bits per heavy atom. The molecule has 0 aliphatic rings. The van der Waals surface area contributed by atoms with Crippen LogP contribution in [0.2, 0.25) is 0 Å². The molecule has 30 heavy (non-hydrogen) atoms. The Bertz CT molecular complexity index is 837. The van der Waals surface area contributed by atoms with Gasteiger partial charge in [-0.05, 0) is 31.4 Å². The van der Waals surface area contributed by atoms with Crippen LogP contribution in [0.4, 0.5) is 0 Å². The summed E-state index contributed by atoms with van der Waals surface area (Å²) < 4.78 is 17.0. The summed E-state index contributed by atoms with van der Waals surface area (Å²) in [7, 11) is 0. The second kappa shape index (κ2) is 13.7. The van der Waals surface area contributed by atoms with Crippen molar-refractivity contribution < 1.29 is 19.0 Å². The fourth-order valence-electron chi connectivity index (χ4n) is 3.37. The van der Waals surface area contributed by atoms with Gasteiger partial charge in [0.2, 0.25) is 5.75 Å². The van der Waals surface area contributed by atoms with Crippen molar-refractivity contribution in [1.29, 1.82) is 0 Å². The molecule has 0 aliphatic heterocycles. The molecule has 5 nitrogen and oxygen atoms in total. The van der Waals surface area contributed by atoms with Crippen molar-refractivity contribution in [1.82, 2.24) is 0 Å². The lowest BCUT2D eigenvalue weighted by atomic mass is 10.1. The van der Waals surface area contributed by atoms with Crippen molar-refractivity contribution in [2.24, 2.45) is 0 Å². The van der Waals surface area contributed by atoms with Gasteiger partial charge in [0, 0.05) is 0 Å². The maximum atomic E-state index is 12.0. The van der Waals surface area contributed by atoms with Crippen LogP contribution in [0.3, 0.4) is 0 Å². The smallest absolute Gasteiger partial charge is 0.382 e. The first kappa shape index (κ1) is 23.8. The van der Waals surface area contributed by atoms with E-state index in [0.717, 1.165) is 25.7 Å². The van der Waals surface area contributed by atoms with E-state index in [9.17, 15) is 9.90 Å². The lowest BCUT2D eigenvalue weighted by Gasteiger charge is -2.13. The Hall–Kier alpha value is -2.43. The zero-order chi connectivity index (χ0) is 21.6. The molecule has 5 heteroatoms. The lowest BCUT2D eigenvalue weighted by molar-refractivity contribution is 0.282. The number of unbranched alkanes of at least 4 members (excludes halogenated alkanes) is 7. The van der Waals surface area contributed by atoms with Crippen LogP contribution in [0.5, 0.6) is 17.2 Å². The zero-order valence-electron chi connectivity index (χ0n) is 18.5. The Morgan fingerprint density at radius 3 is 2.40 bits per heavy atom. The molecule has 0 bridgehead atoms. The van der Waals surface area contributed by atoms with Gasteiger partial charge in [0.1, 0.15) is 16.7 Å². The van der Waals surface area contributed by atoms with Crippen molar-refractivity contribution in [2.75, 3.05) is 13.2 Å². The molecule has 0 atom stereocenters. The summed E-state index contributed by atoms with van der Waals surface area (Å²) in [5.41, 5.74) is -0.443. The summed E-state index contributed by atoms with van der Waals surface area (Å²) in [4.78, 5) is 12.0. The van der Waals surface area contributed by atoms with Crippen molar-refractivity contribution in [3.63, 3.8) is 0 Å². The lowest BCUT2D eigenvalue weighted by Crippen LogP contribution is -2.06. The van der Waals surface area contributed by atoms with E-state index in [-0.39, 0.29) is 5.75 Å². The second-order valence-electron chi connectivity index (χ2n) is 7.54. The van der Waals surface area contributed by atoms with Gasteiger partial charge in [0.25, 0.3) is 0 Å². The number of rotatable bonds is 15. The van der Waals surface area contributed by atoms with Gasteiger partial charge >= 0.3 is 5.63 Å². The highest BCUT2D eigenvalue weighted by atomic mass is 16.5. The third-order valence-corrected chi connectivity index (χ3v) is 5.01. The van der Waals surface area contributed by atoms with E-state index in [1.54, 1.807) is 18.2 Å². The predicted octanol–water partition coefficient (Wildman–Crippen LogP) is 6.75. The minimum atomic E-state index is -0.795. The molecule has 2 aromatic rings. The second-order valence-corrected chi connectivity index (χ2v) is 7.54. The topological polar surface area (TPSA) is 68.9 Å². The number of fused-ring (bicyclic) bond motifs is 1. The van der Waals surface area contributed by atoms with Crippen LogP contribution in [-0.2, 0) is 0 Å². The molecular formula is C25H36O5. The largest absolute Gasteiger partial charge is 0.499 e. The van der Waals surface area contributed by atoms with Gasteiger partial charge in [-0.2, -0.15) is 0 Å². The van der Waals surface area contributed by atoms with Crippen LogP contribution in [0.15, 0.2) is 39.6 Å². The fourth-order valence-corrected chi connectivity index (χ4v) is 3.37. The Morgan fingerprint density at radius 1 is 0.933 bits per heavy atom. The SMILES string of the molecule is CC/C=C/CCOc1cccc2oc(=O)c(O)c(OCCCCCCCCCC)c12. The van der Waals surface area contributed by atoms with E-state index in [2.05, 4.69) is 26.0 Å². The summed E-state index contributed by atoms with van der Waals surface area (Å²) in [5, 5.41) is 10.8. The molecule has 1 aromatic heterocycles. The van der Waals surface area contributed by atoms with E-state index in [1.165, 1.54) is 38.5 Å². The molecule has 0 amide bonds. The molecule has 0 saturated carbocycles. The van der Waals surface area contributed by atoms with Crippen molar-refractivity contribution in [2.45, 2.75) is 78.1 Å². The van der Waals surface area contributed by atoms with E-state index < -0.39 is 11.4 Å². The molecule has 0 fully saturated rings. The molecule has 0 saturated heterocycles. The molecule has 1 N–H and O–H groups in total. The number of allylic oxidation sites excluding steroid dienone is 1. The average molecular weight is 417 g/mol. The molecule has 0 unspecified atom stereocenters.